The van der Waals surface area contributed by atoms with Crippen LogP contribution in [0.4, 0.5) is 9.59 Å². The van der Waals surface area contributed by atoms with Crippen LogP contribution in [0.3, 0.4) is 0 Å². The maximum atomic E-state index is 13.2. The van der Waals surface area contributed by atoms with Gasteiger partial charge in [-0.2, -0.15) is 0 Å². The molecule has 0 bridgehead atoms. The van der Waals surface area contributed by atoms with Gasteiger partial charge in [0, 0.05) is 36.8 Å². The number of rotatable bonds is 8. The van der Waals surface area contributed by atoms with E-state index in [0.29, 0.717) is 16.7 Å². The number of likely N-dealkylation sites (tertiary alicyclic amines) is 1. The summed E-state index contributed by atoms with van der Waals surface area (Å²) in [5.74, 6) is 0.192. The Morgan fingerprint density at radius 3 is 2.37 bits per heavy atom. The summed E-state index contributed by atoms with van der Waals surface area (Å²) >= 11 is 0. The molecule has 0 atom stereocenters. The molecule has 228 valence electrons. The van der Waals surface area contributed by atoms with Crippen molar-refractivity contribution in [3.63, 3.8) is 0 Å². The molecule has 0 unspecified atom stereocenters. The van der Waals surface area contributed by atoms with Crippen LogP contribution in [-0.4, -0.2) is 68.5 Å². The van der Waals surface area contributed by atoms with Gasteiger partial charge in [0.1, 0.15) is 17.7 Å². The Balaban J connectivity index is 1.39. The third-order valence-corrected chi connectivity index (χ3v) is 8.13. The molecule has 0 aromatic heterocycles. The van der Waals surface area contributed by atoms with Crippen molar-refractivity contribution in [1.29, 1.82) is 5.41 Å². The lowest BCUT2D eigenvalue weighted by Crippen LogP contribution is -2.39. The van der Waals surface area contributed by atoms with Crippen LogP contribution in [0.25, 0.3) is 11.1 Å². The lowest BCUT2D eigenvalue weighted by molar-refractivity contribution is 0.0602. The van der Waals surface area contributed by atoms with E-state index >= 15 is 0 Å². The van der Waals surface area contributed by atoms with Crippen LogP contribution in [0, 0.1) is 5.41 Å². The van der Waals surface area contributed by atoms with E-state index in [-0.39, 0.29) is 35.2 Å². The number of amidine groups is 1. The van der Waals surface area contributed by atoms with Gasteiger partial charge in [-0.3, -0.25) is 10.7 Å². The first kappa shape index (κ1) is 31.7. The van der Waals surface area contributed by atoms with Crippen LogP contribution < -0.4 is 15.2 Å². The summed E-state index contributed by atoms with van der Waals surface area (Å²) < 4.78 is 35.1. The number of hydrogen-bond donors (Lipinski definition) is 3. The van der Waals surface area contributed by atoms with Crippen LogP contribution in [0.2, 0.25) is 0 Å². The molecule has 1 fully saturated rings. The molecule has 2 amide bonds. The fourth-order valence-electron chi connectivity index (χ4n) is 4.75. The van der Waals surface area contributed by atoms with Gasteiger partial charge in [-0.25, -0.2) is 23.1 Å². The van der Waals surface area contributed by atoms with Gasteiger partial charge in [0.05, 0.1) is 4.90 Å². The molecule has 3 aromatic rings. The van der Waals surface area contributed by atoms with Gasteiger partial charge in [0.25, 0.3) is 0 Å². The Bertz CT molecular complexity index is 1570. The molecule has 4 N–H and O–H groups in total. The zero-order valence-electron chi connectivity index (χ0n) is 24.4. The summed E-state index contributed by atoms with van der Waals surface area (Å²) in [6.45, 7) is 5.64. The lowest BCUT2D eigenvalue weighted by atomic mass is 10.1. The maximum absolute atomic E-state index is 13.2. The van der Waals surface area contributed by atoms with E-state index in [4.69, 9.17) is 20.0 Å². The van der Waals surface area contributed by atoms with Gasteiger partial charge in [-0.05, 0) is 69.1 Å². The highest BCUT2D eigenvalue weighted by molar-refractivity contribution is 7.89. The number of piperidine rings is 1. The van der Waals surface area contributed by atoms with E-state index in [1.807, 2.05) is 27.0 Å². The van der Waals surface area contributed by atoms with Gasteiger partial charge in [-0.1, -0.05) is 48.5 Å². The number of benzene rings is 3. The number of alkyl carbamates (subject to hydrolysis) is 1. The predicted molar refractivity (Wildman–Crippen MR) is 163 cm³/mol. The minimum absolute atomic E-state index is 0.00499. The summed E-state index contributed by atoms with van der Waals surface area (Å²) in [5, 5.41) is 16.2. The van der Waals surface area contributed by atoms with E-state index in [1.165, 1.54) is 11.0 Å². The number of primary sulfonamides is 1. The van der Waals surface area contributed by atoms with E-state index in [0.717, 1.165) is 31.5 Å². The molecule has 0 saturated carbocycles. The van der Waals surface area contributed by atoms with Gasteiger partial charge >= 0.3 is 12.2 Å². The van der Waals surface area contributed by atoms with Crippen LogP contribution in [0.1, 0.15) is 37.8 Å². The smallest absolute Gasteiger partial charge is 0.415 e. The number of hydrogen-bond acceptors (Lipinski definition) is 8. The minimum Gasteiger partial charge on any atom is -0.446 e. The SMILES string of the molecule is CC(C)N(Cc1cccc(C(=N)NC(=O)OC2CCN(C)CC2)c1)C(=O)Oc1ccc(-c2ccccc2S(N)(=O)=O)cc1. The van der Waals surface area contributed by atoms with E-state index in [9.17, 15) is 18.0 Å². The molecule has 12 heteroatoms. The molecule has 0 radical (unpaired) electrons. The number of ether oxygens (including phenoxy) is 2. The quantitative estimate of drug-likeness (QED) is 0.251. The standard InChI is InChI=1S/C31H37N5O6S/c1-21(2)36(31(38)42-25-13-11-23(12-14-25)27-9-4-5-10-28(27)43(33,39)40)20-22-7-6-8-24(19-22)29(32)34-30(37)41-26-15-17-35(3)18-16-26/h4-14,19,21,26H,15-18,20H2,1-3H3,(H2,32,34,37)(H2,33,39,40). The van der Waals surface area contributed by atoms with Crippen LogP contribution >= 0.6 is 0 Å². The highest BCUT2D eigenvalue weighted by Gasteiger charge is 2.23. The normalized spacial score (nSPS) is 14.3. The Kier molecular flexibility index (Phi) is 10.2. The molecule has 0 aliphatic carbocycles. The predicted octanol–water partition coefficient (Wildman–Crippen LogP) is 4.56. The average molecular weight is 608 g/mol. The van der Waals surface area contributed by atoms with E-state index < -0.39 is 22.2 Å². The Morgan fingerprint density at radius 2 is 1.72 bits per heavy atom. The minimum atomic E-state index is -3.92. The second-order valence-electron chi connectivity index (χ2n) is 10.8. The second-order valence-corrected chi connectivity index (χ2v) is 12.3. The molecule has 1 aliphatic rings. The molecule has 1 heterocycles. The monoisotopic (exact) mass is 607 g/mol. The molecule has 3 aromatic carbocycles. The Morgan fingerprint density at radius 1 is 1.05 bits per heavy atom. The number of carbonyl (C=O) groups is 2. The average Bonchev–Trinajstić information content (AvgIpc) is 2.97. The summed E-state index contributed by atoms with van der Waals surface area (Å²) in [6.07, 6.45) is 0.106. The lowest BCUT2D eigenvalue weighted by Gasteiger charge is -2.28. The number of carbonyl (C=O) groups excluding carboxylic acids is 2. The van der Waals surface area contributed by atoms with Crippen molar-refractivity contribution in [2.75, 3.05) is 20.1 Å². The highest BCUT2D eigenvalue weighted by atomic mass is 32.2. The molecular formula is C31H37N5O6S. The second kappa shape index (κ2) is 13.8. The molecule has 0 spiro atoms. The van der Waals surface area contributed by atoms with E-state index in [2.05, 4.69) is 10.2 Å². The van der Waals surface area contributed by atoms with Gasteiger partial charge in [0.15, 0.2) is 0 Å². The van der Waals surface area contributed by atoms with Crippen molar-refractivity contribution in [2.45, 2.75) is 50.3 Å². The topological polar surface area (TPSA) is 155 Å². The van der Waals surface area contributed by atoms with Crippen molar-refractivity contribution in [3.8, 4) is 16.9 Å². The molecular weight excluding hydrogens is 570 g/mol. The summed E-state index contributed by atoms with van der Waals surface area (Å²) in [6, 6.07) is 19.7. The molecule has 1 aliphatic heterocycles. The molecule has 1 saturated heterocycles. The fraction of sp³-hybridized carbons (Fsp3) is 0.323. The van der Waals surface area contributed by atoms with Crippen molar-refractivity contribution >= 4 is 28.0 Å². The first-order valence-electron chi connectivity index (χ1n) is 14.0. The number of sulfonamides is 1. The zero-order valence-corrected chi connectivity index (χ0v) is 25.3. The zero-order chi connectivity index (χ0) is 31.1. The number of nitrogens with one attached hydrogen (secondary N) is 2. The van der Waals surface area contributed by atoms with Gasteiger partial charge in [-0.15, -0.1) is 0 Å². The van der Waals surface area contributed by atoms with Crippen molar-refractivity contribution in [1.82, 2.24) is 15.1 Å². The van der Waals surface area contributed by atoms with Crippen LogP contribution in [-0.2, 0) is 21.3 Å². The van der Waals surface area contributed by atoms with Crippen molar-refractivity contribution in [2.24, 2.45) is 5.14 Å². The van der Waals surface area contributed by atoms with Crippen LogP contribution in [0.15, 0.2) is 77.7 Å². The Labute approximate surface area is 252 Å². The number of amides is 2. The number of nitrogens with zero attached hydrogens (tertiary/aromatic N) is 2. The van der Waals surface area contributed by atoms with Gasteiger partial charge in [0.2, 0.25) is 10.0 Å². The maximum Gasteiger partial charge on any atom is 0.415 e. The number of nitrogens with two attached hydrogens (primary N) is 1. The molecule has 43 heavy (non-hydrogen) atoms. The first-order chi connectivity index (χ1) is 20.4. The highest BCUT2D eigenvalue weighted by Crippen LogP contribution is 2.28. The fourth-order valence-corrected chi connectivity index (χ4v) is 5.51. The molecule has 11 nitrogen and oxygen atoms in total. The van der Waals surface area contributed by atoms with Crippen molar-refractivity contribution < 1.29 is 27.5 Å². The largest absolute Gasteiger partial charge is 0.446 e. The molecule has 4 rings (SSSR count). The third kappa shape index (κ3) is 8.63. The first-order valence-corrected chi connectivity index (χ1v) is 15.5. The van der Waals surface area contributed by atoms with E-state index in [1.54, 1.807) is 60.7 Å². The van der Waals surface area contributed by atoms with Crippen LogP contribution in [0.5, 0.6) is 5.75 Å². The van der Waals surface area contributed by atoms with Gasteiger partial charge < -0.3 is 19.3 Å². The van der Waals surface area contributed by atoms with Crippen molar-refractivity contribution in [3.05, 3.63) is 83.9 Å². The Hall–Kier alpha value is -4.26. The summed E-state index contributed by atoms with van der Waals surface area (Å²) in [5.41, 5.74) is 2.27. The third-order valence-electron chi connectivity index (χ3n) is 7.16. The summed E-state index contributed by atoms with van der Waals surface area (Å²) in [4.78, 5) is 29.2. The summed E-state index contributed by atoms with van der Waals surface area (Å²) in [7, 11) is -1.89.